The molecule has 0 aliphatic heterocycles. The van der Waals surface area contributed by atoms with Gasteiger partial charge in [0.1, 0.15) is 5.69 Å². The van der Waals surface area contributed by atoms with E-state index in [1.165, 1.54) is 0 Å². The minimum Gasteiger partial charge on any atom is -0.383 e. The van der Waals surface area contributed by atoms with E-state index in [-0.39, 0.29) is 5.91 Å². The van der Waals surface area contributed by atoms with Gasteiger partial charge < -0.3 is 20.4 Å². The summed E-state index contributed by atoms with van der Waals surface area (Å²) in [7, 11) is 1.67. The molecule has 0 radical (unpaired) electrons. The molecule has 0 unspecified atom stereocenters. The van der Waals surface area contributed by atoms with Crippen LogP contribution in [0.5, 0.6) is 0 Å². The molecule has 1 aromatic rings. The first kappa shape index (κ1) is 13.7. The number of carbonyl (C=O) groups excluding carboxylic acids is 1. The number of aromatic nitrogens is 1. The molecule has 0 aromatic carbocycles. The molecule has 5 heteroatoms. The second-order valence-corrected chi connectivity index (χ2v) is 4.01. The molecular formula is C12H21N3O2. The molecule has 96 valence electrons. The Balaban J connectivity index is 2.23. The predicted molar refractivity (Wildman–Crippen MR) is 67.3 cm³/mol. The zero-order chi connectivity index (χ0) is 12.7. The van der Waals surface area contributed by atoms with Crippen LogP contribution in [-0.2, 0) is 4.74 Å². The van der Waals surface area contributed by atoms with Crippen LogP contribution in [0.3, 0.4) is 0 Å². The first-order valence-corrected chi connectivity index (χ1v) is 5.79. The molecule has 0 spiro atoms. The van der Waals surface area contributed by atoms with E-state index in [2.05, 4.69) is 15.6 Å². The Labute approximate surface area is 102 Å². The molecule has 0 atom stereocenters. The van der Waals surface area contributed by atoms with Crippen molar-refractivity contribution >= 4 is 5.91 Å². The molecular weight excluding hydrogens is 218 g/mol. The van der Waals surface area contributed by atoms with Crippen LogP contribution >= 0.6 is 0 Å². The lowest BCUT2D eigenvalue weighted by molar-refractivity contribution is 0.0948. The number of ether oxygens (including phenoxy) is 1. The number of amides is 1. The largest absolute Gasteiger partial charge is 0.383 e. The third-order valence-electron chi connectivity index (χ3n) is 2.45. The van der Waals surface area contributed by atoms with Gasteiger partial charge in [-0.15, -0.1) is 0 Å². The third kappa shape index (κ3) is 4.58. The maximum Gasteiger partial charge on any atom is 0.268 e. The SMILES string of the molecule is COCCNCCNC(=O)c1[nH]c(C)cc1C. The van der Waals surface area contributed by atoms with Gasteiger partial charge in [-0.1, -0.05) is 0 Å². The molecule has 17 heavy (non-hydrogen) atoms. The number of rotatable bonds is 7. The monoisotopic (exact) mass is 239 g/mol. The number of carbonyl (C=O) groups is 1. The van der Waals surface area contributed by atoms with Crippen LogP contribution in [0.15, 0.2) is 6.07 Å². The van der Waals surface area contributed by atoms with Crippen molar-refractivity contribution in [2.45, 2.75) is 13.8 Å². The van der Waals surface area contributed by atoms with Crippen LogP contribution in [0.4, 0.5) is 0 Å². The third-order valence-corrected chi connectivity index (χ3v) is 2.45. The number of hydrogen-bond acceptors (Lipinski definition) is 3. The van der Waals surface area contributed by atoms with Crippen LogP contribution in [0, 0.1) is 13.8 Å². The Morgan fingerprint density at radius 1 is 1.35 bits per heavy atom. The maximum absolute atomic E-state index is 11.8. The molecule has 1 amide bonds. The first-order chi connectivity index (χ1) is 8.15. The minimum atomic E-state index is -0.0517. The Kier molecular flexibility index (Phi) is 5.72. The number of H-pyrrole nitrogens is 1. The van der Waals surface area contributed by atoms with Crippen molar-refractivity contribution in [1.29, 1.82) is 0 Å². The van der Waals surface area contributed by atoms with Crippen molar-refractivity contribution in [2.24, 2.45) is 0 Å². The second-order valence-electron chi connectivity index (χ2n) is 4.01. The second kappa shape index (κ2) is 7.09. The summed E-state index contributed by atoms with van der Waals surface area (Å²) in [6.45, 7) is 6.70. The van der Waals surface area contributed by atoms with Crippen molar-refractivity contribution in [3.8, 4) is 0 Å². The highest BCUT2D eigenvalue weighted by Gasteiger charge is 2.10. The topological polar surface area (TPSA) is 66.2 Å². The first-order valence-electron chi connectivity index (χ1n) is 5.79. The Morgan fingerprint density at radius 3 is 2.71 bits per heavy atom. The lowest BCUT2D eigenvalue weighted by atomic mass is 10.2. The molecule has 0 saturated heterocycles. The zero-order valence-electron chi connectivity index (χ0n) is 10.7. The summed E-state index contributed by atoms with van der Waals surface area (Å²) in [6, 6.07) is 1.96. The van der Waals surface area contributed by atoms with E-state index in [1.54, 1.807) is 7.11 Å². The summed E-state index contributed by atoms with van der Waals surface area (Å²) in [6.07, 6.45) is 0. The quantitative estimate of drug-likeness (QED) is 0.610. The van der Waals surface area contributed by atoms with E-state index in [0.29, 0.717) is 18.8 Å². The summed E-state index contributed by atoms with van der Waals surface area (Å²) in [5.41, 5.74) is 2.64. The summed E-state index contributed by atoms with van der Waals surface area (Å²) >= 11 is 0. The van der Waals surface area contributed by atoms with Crippen molar-refractivity contribution in [1.82, 2.24) is 15.6 Å². The molecule has 3 N–H and O–H groups in total. The highest BCUT2D eigenvalue weighted by atomic mass is 16.5. The van der Waals surface area contributed by atoms with Gasteiger partial charge >= 0.3 is 0 Å². The van der Waals surface area contributed by atoms with Crippen LogP contribution in [0.2, 0.25) is 0 Å². The summed E-state index contributed by atoms with van der Waals surface area (Å²) in [5, 5.41) is 6.02. The van der Waals surface area contributed by atoms with Crippen LogP contribution < -0.4 is 10.6 Å². The van der Waals surface area contributed by atoms with Crippen LogP contribution in [-0.4, -0.2) is 44.2 Å². The van der Waals surface area contributed by atoms with Gasteiger partial charge in [0.25, 0.3) is 5.91 Å². The van der Waals surface area contributed by atoms with Crippen molar-refractivity contribution in [3.05, 3.63) is 23.0 Å². The molecule has 1 heterocycles. The molecule has 1 aromatic heterocycles. The molecule has 0 saturated carbocycles. The van der Waals surface area contributed by atoms with Crippen molar-refractivity contribution in [3.63, 3.8) is 0 Å². The number of methoxy groups -OCH3 is 1. The maximum atomic E-state index is 11.8. The normalized spacial score (nSPS) is 10.5. The molecule has 0 fully saturated rings. The number of aromatic amines is 1. The highest BCUT2D eigenvalue weighted by molar-refractivity contribution is 5.93. The molecule has 5 nitrogen and oxygen atoms in total. The fourth-order valence-corrected chi connectivity index (χ4v) is 1.62. The summed E-state index contributed by atoms with van der Waals surface area (Å²) in [4.78, 5) is 14.8. The number of aryl methyl sites for hydroxylation is 2. The lowest BCUT2D eigenvalue weighted by Gasteiger charge is -2.06. The summed E-state index contributed by atoms with van der Waals surface area (Å²) in [5.74, 6) is -0.0517. The van der Waals surface area contributed by atoms with E-state index >= 15 is 0 Å². The molecule has 1 rings (SSSR count). The predicted octanol–water partition coefficient (Wildman–Crippen LogP) is 0.597. The van der Waals surface area contributed by atoms with Gasteiger partial charge in [-0.3, -0.25) is 4.79 Å². The van der Waals surface area contributed by atoms with E-state index < -0.39 is 0 Å². The molecule has 0 bridgehead atoms. The average molecular weight is 239 g/mol. The van der Waals surface area contributed by atoms with E-state index in [1.807, 2.05) is 19.9 Å². The van der Waals surface area contributed by atoms with Crippen LogP contribution in [0.25, 0.3) is 0 Å². The van der Waals surface area contributed by atoms with Crippen LogP contribution in [0.1, 0.15) is 21.7 Å². The Bertz CT molecular complexity index is 361. The lowest BCUT2D eigenvalue weighted by Crippen LogP contribution is -2.33. The molecule has 0 aliphatic carbocycles. The number of hydrogen-bond donors (Lipinski definition) is 3. The zero-order valence-corrected chi connectivity index (χ0v) is 10.7. The van der Waals surface area contributed by atoms with E-state index in [9.17, 15) is 4.79 Å². The van der Waals surface area contributed by atoms with Gasteiger partial charge in [0, 0.05) is 32.4 Å². The highest BCUT2D eigenvalue weighted by Crippen LogP contribution is 2.08. The van der Waals surface area contributed by atoms with Gasteiger partial charge in [-0.05, 0) is 25.5 Å². The summed E-state index contributed by atoms with van der Waals surface area (Å²) < 4.78 is 4.90. The van der Waals surface area contributed by atoms with E-state index in [4.69, 9.17) is 4.74 Å². The molecule has 0 aliphatic rings. The van der Waals surface area contributed by atoms with Gasteiger partial charge in [0.05, 0.1) is 6.61 Å². The van der Waals surface area contributed by atoms with Gasteiger partial charge in [-0.2, -0.15) is 0 Å². The Morgan fingerprint density at radius 2 is 2.12 bits per heavy atom. The van der Waals surface area contributed by atoms with Crippen molar-refractivity contribution in [2.75, 3.05) is 33.4 Å². The van der Waals surface area contributed by atoms with Gasteiger partial charge in [0.2, 0.25) is 0 Å². The van der Waals surface area contributed by atoms with E-state index in [0.717, 1.165) is 24.3 Å². The smallest absolute Gasteiger partial charge is 0.268 e. The van der Waals surface area contributed by atoms with Crippen molar-refractivity contribution < 1.29 is 9.53 Å². The Hall–Kier alpha value is -1.33. The van der Waals surface area contributed by atoms with Gasteiger partial charge in [-0.25, -0.2) is 0 Å². The standard InChI is InChI=1S/C12H21N3O2/c1-9-8-10(2)15-11(9)12(16)14-5-4-13-6-7-17-3/h8,13,15H,4-7H2,1-3H3,(H,14,16). The fourth-order valence-electron chi connectivity index (χ4n) is 1.62. The number of nitrogens with one attached hydrogen (secondary N) is 3. The average Bonchev–Trinajstić information content (AvgIpc) is 2.62. The van der Waals surface area contributed by atoms with Gasteiger partial charge in [0.15, 0.2) is 0 Å². The minimum absolute atomic E-state index is 0.0517. The fraction of sp³-hybridized carbons (Fsp3) is 0.583.